The van der Waals surface area contributed by atoms with Gasteiger partial charge in [0.2, 0.25) is 17.5 Å². The number of piperazine rings is 3. The lowest BCUT2D eigenvalue weighted by atomic mass is 9.81. The van der Waals surface area contributed by atoms with Crippen molar-refractivity contribution in [2.24, 2.45) is 5.73 Å². The Morgan fingerprint density at radius 1 is 0.805 bits per heavy atom. The predicted molar refractivity (Wildman–Crippen MR) is 304 cm³/mol. The molecule has 5 aliphatic heterocycles. The monoisotopic (exact) mass is 1070 g/mol. The van der Waals surface area contributed by atoms with Crippen molar-refractivity contribution >= 4 is 62.1 Å². The van der Waals surface area contributed by atoms with Crippen molar-refractivity contribution in [3.05, 3.63) is 149 Å². The number of nitrogens with one attached hydrogen (secondary N) is 3. The van der Waals surface area contributed by atoms with E-state index in [0.717, 1.165) is 95.1 Å². The van der Waals surface area contributed by atoms with Crippen molar-refractivity contribution in [1.82, 2.24) is 15.6 Å². The molecule has 0 atom stereocenters. The summed E-state index contributed by atoms with van der Waals surface area (Å²) < 4.78 is 38.9. The lowest BCUT2D eigenvalue weighted by molar-refractivity contribution is -1.08. The second-order valence-electron chi connectivity index (χ2n) is 22.1. The second-order valence-corrected chi connectivity index (χ2v) is 23.7. The van der Waals surface area contributed by atoms with Gasteiger partial charge in [-0.25, -0.2) is 8.42 Å². The molecule has 0 unspecified atom stereocenters. The number of amides is 4. The topological polar surface area (TPSA) is 207 Å². The van der Waals surface area contributed by atoms with E-state index in [1.165, 1.54) is 11.1 Å². The first-order valence-electron chi connectivity index (χ1n) is 26.7. The van der Waals surface area contributed by atoms with Gasteiger partial charge in [0.15, 0.2) is 12.3 Å². The molecule has 410 valence electrons. The van der Waals surface area contributed by atoms with Crippen molar-refractivity contribution < 1.29 is 45.7 Å². The van der Waals surface area contributed by atoms with Crippen molar-refractivity contribution in [3.8, 4) is 0 Å². The maximum Gasteiger partial charge on any atom is 0.272 e. The quantitative estimate of drug-likeness (QED) is 0.0204. The van der Waals surface area contributed by atoms with Crippen molar-refractivity contribution in [3.63, 3.8) is 0 Å². The van der Waals surface area contributed by atoms with Gasteiger partial charge < -0.3 is 40.1 Å². The Labute approximate surface area is 455 Å². The first-order chi connectivity index (χ1) is 36.2. The molecule has 3 aromatic carbocycles. The highest BCUT2D eigenvalue weighted by atomic mass is 32.2. The lowest BCUT2D eigenvalue weighted by Crippen LogP contribution is -2.76. The number of aromatic nitrogens is 1. The Morgan fingerprint density at radius 3 is 2.14 bits per heavy atom. The van der Waals surface area contributed by atoms with E-state index in [9.17, 15) is 32.1 Å². The molecular formula is C60H79N9O7S+2. The molecule has 6 heterocycles. The number of pyridine rings is 1. The standard InChI is InChI=1S/C59H73N9O7S.CH4/c1-58(2)47-14-8-10-16-50(47)65(5)52(58)27-22-44(23-28-53-59(3,4)48-15-9-11-17-51(48)66(53)31-13-39-76(73,74)75)49-26-21-45(40-62-49)57(72)61-30-12-6-7-18-55(70)63-41-56(71)64-46-24-19-43(20-25-46)29-32-67-33-36-68(37-34-67,38-35-67)42-54(60)69;/h8-11,14-17,19-28,40H,6-7,12-13,18,29-39,41-42H2,1-5H3,(H3-3,60,61,63,64,69,70,71,72,73,74,75);1H4/p+2. The molecule has 17 heteroatoms. The number of para-hydroxylation sites is 2. The van der Waals surface area contributed by atoms with Gasteiger partial charge >= 0.3 is 0 Å². The number of carbonyl (C=O) groups excluding carboxylic acids is 4. The summed E-state index contributed by atoms with van der Waals surface area (Å²) in [4.78, 5) is 57.1. The number of primary amides is 1. The lowest BCUT2D eigenvalue weighted by Gasteiger charge is -2.55. The first-order valence-corrected chi connectivity index (χ1v) is 28.3. The third-order valence-electron chi connectivity index (χ3n) is 16.2. The van der Waals surface area contributed by atoms with Crippen molar-refractivity contribution in [2.75, 3.05) is 95.0 Å². The number of nitrogens with two attached hydrogens (primary N) is 1. The van der Waals surface area contributed by atoms with Gasteiger partial charge in [0.05, 0.1) is 39.9 Å². The molecule has 77 heavy (non-hydrogen) atoms. The maximum absolute atomic E-state index is 13.3. The van der Waals surface area contributed by atoms with Crippen LogP contribution in [0.15, 0.2) is 121 Å². The molecule has 0 aliphatic carbocycles. The van der Waals surface area contributed by atoms with Gasteiger partial charge in [-0.3, -0.25) is 24.2 Å². The summed E-state index contributed by atoms with van der Waals surface area (Å²) >= 11 is 0. The van der Waals surface area contributed by atoms with Crippen LogP contribution in [0, 0.1) is 0 Å². The molecule has 4 aromatic rings. The molecule has 3 fully saturated rings. The van der Waals surface area contributed by atoms with Crippen LogP contribution < -0.4 is 26.6 Å². The minimum absolute atomic E-state index is 0. The highest BCUT2D eigenvalue weighted by molar-refractivity contribution is 7.85. The van der Waals surface area contributed by atoms with E-state index in [0.29, 0.717) is 55.8 Å². The third-order valence-corrected chi connectivity index (χ3v) is 17.0. The molecule has 4 amide bonds. The molecule has 5 aliphatic rings. The van der Waals surface area contributed by atoms with Gasteiger partial charge in [-0.15, -0.1) is 0 Å². The Hall–Kier alpha value is -6.79. The maximum atomic E-state index is 13.3. The highest BCUT2D eigenvalue weighted by Gasteiger charge is 2.49. The number of benzene rings is 3. The van der Waals surface area contributed by atoms with Gasteiger partial charge in [0.25, 0.3) is 11.8 Å². The number of nitrogens with zero attached hydrogens (tertiary/aromatic N) is 5. The van der Waals surface area contributed by atoms with Gasteiger partial charge in [-0.2, -0.15) is 4.58 Å². The zero-order valence-electron chi connectivity index (χ0n) is 44.8. The smallest absolute Gasteiger partial charge is 0.272 e. The fourth-order valence-electron chi connectivity index (χ4n) is 11.7. The van der Waals surface area contributed by atoms with Crippen molar-refractivity contribution in [1.29, 1.82) is 0 Å². The van der Waals surface area contributed by atoms with Crippen molar-refractivity contribution in [2.45, 2.75) is 84.5 Å². The van der Waals surface area contributed by atoms with Crippen LogP contribution in [0.3, 0.4) is 0 Å². The average molecular weight is 1070 g/mol. The molecule has 1 aromatic heterocycles. The summed E-state index contributed by atoms with van der Waals surface area (Å²) in [6.45, 7) is 17.0. The van der Waals surface area contributed by atoms with Gasteiger partial charge in [0, 0.05) is 83.6 Å². The Balaban J connectivity index is 0.00000861. The molecule has 0 saturated carbocycles. The number of hydrogen-bond acceptors (Lipinski definition) is 9. The zero-order valence-corrected chi connectivity index (χ0v) is 45.6. The number of anilines is 2. The van der Waals surface area contributed by atoms with Crippen LogP contribution in [0.1, 0.15) is 100.0 Å². The summed E-state index contributed by atoms with van der Waals surface area (Å²) in [6.07, 6.45) is 13.2. The fourth-order valence-corrected chi connectivity index (χ4v) is 12.2. The van der Waals surface area contributed by atoms with Gasteiger partial charge in [-0.05, 0) is 86.7 Å². The Morgan fingerprint density at radius 2 is 1.48 bits per heavy atom. The summed E-state index contributed by atoms with van der Waals surface area (Å²) in [6, 6.07) is 27.9. The number of hydrogen-bond donors (Lipinski definition) is 4. The largest absolute Gasteiger partial charge is 0.748 e. The third kappa shape index (κ3) is 13.9. The number of allylic oxidation sites excluding steroid dienone is 6. The minimum Gasteiger partial charge on any atom is -0.748 e. The molecule has 5 N–H and O–H groups in total. The van der Waals surface area contributed by atoms with E-state index in [1.54, 1.807) is 12.3 Å². The molecule has 2 bridgehead atoms. The number of fused-ring (bicyclic) bond motifs is 5. The van der Waals surface area contributed by atoms with E-state index in [1.807, 2.05) is 72.8 Å². The van der Waals surface area contributed by atoms with Crippen LogP contribution in [0.4, 0.5) is 17.1 Å². The average Bonchev–Trinajstić information content (AvgIpc) is 3.79. The molecule has 9 rings (SSSR count). The number of unbranched alkanes of at least 4 members (excludes halogenated alkanes) is 2. The minimum atomic E-state index is -4.38. The van der Waals surface area contributed by atoms with Crippen LogP contribution in [-0.2, 0) is 41.8 Å². The Bertz CT molecular complexity index is 3050. The van der Waals surface area contributed by atoms with Crippen LogP contribution in [0.25, 0.3) is 5.57 Å². The summed E-state index contributed by atoms with van der Waals surface area (Å²) in [5.41, 5.74) is 15.0. The molecule has 0 spiro atoms. The SMILES string of the molecule is C.C[N+]1=C(C=CC(=CC=C2N(CCCS(=O)(=O)[O-])c3ccccc3C2(C)C)c2ccc(C(=O)NCCCCCC(=O)NCC(=O)Nc3ccc(CC[N+]45CC[N+](CC(N)=O)(CC4)CC5)cc3)cn2)C(C)(C)c2ccccc21. The highest BCUT2D eigenvalue weighted by Crippen LogP contribution is 2.48. The number of carbonyl (C=O) groups is 4. The first kappa shape index (κ1) is 57.9. The van der Waals surface area contributed by atoms with E-state index < -0.39 is 21.3 Å². The second kappa shape index (κ2) is 24.3. The van der Waals surface area contributed by atoms with E-state index in [-0.39, 0.29) is 55.9 Å². The van der Waals surface area contributed by atoms with Crippen LogP contribution in [-0.4, -0.2) is 146 Å². The summed E-state index contributed by atoms with van der Waals surface area (Å²) in [5.74, 6) is -1.43. The van der Waals surface area contributed by atoms with E-state index >= 15 is 0 Å². The summed E-state index contributed by atoms with van der Waals surface area (Å²) in [5, 5.41) is 8.56. The van der Waals surface area contributed by atoms with E-state index in [2.05, 4.69) is 90.5 Å². The predicted octanol–water partition coefficient (Wildman–Crippen LogP) is 6.71. The molecular weight excluding hydrogens is 991 g/mol. The van der Waals surface area contributed by atoms with Gasteiger partial charge in [0.1, 0.15) is 46.3 Å². The van der Waals surface area contributed by atoms with Crippen LogP contribution >= 0.6 is 0 Å². The normalized spacial score (nSPS) is 20.7. The fraction of sp³-hybridized carbons (Fsp3) is 0.433. The molecule has 16 nitrogen and oxygen atoms in total. The molecule has 3 saturated heterocycles. The number of rotatable bonds is 23. The zero-order chi connectivity index (χ0) is 54.3. The number of quaternary nitrogens is 2. The van der Waals surface area contributed by atoms with Crippen LogP contribution in [0.2, 0.25) is 0 Å². The summed E-state index contributed by atoms with van der Waals surface area (Å²) in [7, 11) is -2.31. The van der Waals surface area contributed by atoms with E-state index in [4.69, 9.17) is 10.7 Å². The molecule has 0 radical (unpaired) electrons. The van der Waals surface area contributed by atoms with Gasteiger partial charge in [-0.1, -0.05) is 82.3 Å². The Kier molecular flexibility index (Phi) is 18.2. The van der Waals surface area contributed by atoms with Crippen LogP contribution in [0.5, 0.6) is 0 Å².